The van der Waals surface area contributed by atoms with Crippen LogP contribution in [0.2, 0.25) is 0 Å². The molecular formula is C25H22N6O2. The van der Waals surface area contributed by atoms with Crippen LogP contribution in [0.15, 0.2) is 73.1 Å². The van der Waals surface area contributed by atoms with E-state index in [-0.39, 0.29) is 0 Å². The van der Waals surface area contributed by atoms with Gasteiger partial charge in [0.05, 0.1) is 12.7 Å². The molecule has 0 spiro atoms. The first-order chi connectivity index (χ1) is 16.0. The second-order valence-electron chi connectivity index (χ2n) is 7.53. The lowest BCUT2D eigenvalue weighted by Gasteiger charge is -2.09. The van der Waals surface area contributed by atoms with Crippen molar-refractivity contribution in [2.75, 3.05) is 18.6 Å². The average molecular weight is 438 g/mol. The second kappa shape index (κ2) is 8.16. The molecule has 0 saturated carbocycles. The highest BCUT2D eigenvalue weighted by Crippen LogP contribution is 2.45. The Hall–Kier alpha value is -4.59. The lowest BCUT2D eigenvalue weighted by molar-refractivity contribution is 0.389. The number of hydrogen-bond donors (Lipinski definition) is 2. The number of ether oxygens (including phenoxy) is 2. The number of nitrogens with zero attached hydrogens (tertiary/aromatic N) is 4. The largest absolute Gasteiger partial charge is 0.480 e. The first-order valence-electron chi connectivity index (χ1n) is 10.3. The Kier molecular flexibility index (Phi) is 5.02. The minimum atomic E-state index is 0.351. The Labute approximate surface area is 190 Å². The predicted molar refractivity (Wildman–Crippen MR) is 128 cm³/mol. The summed E-state index contributed by atoms with van der Waals surface area (Å²) in [5.41, 5.74) is 18.0. The molecule has 4 N–H and O–H groups in total. The van der Waals surface area contributed by atoms with E-state index in [0.717, 1.165) is 27.9 Å². The van der Waals surface area contributed by atoms with E-state index >= 15 is 0 Å². The van der Waals surface area contributed by atoms with Crippen LogP contribution in [0.25, 0.3) is 27.8 Å². The van der Waals surface area contributed by atoms with E-state index in [4.69, 9.17) is 20.9 Å². The van der Waals surface area contributed by atoms with E-state index < -0.39 is 0 Å². The summed E-state index contributed by atoms with van der Waals surface area (Å²) in [6, 6.07) is 21.0. The quantitative estimate of drug-likeness (QED) is 0.381. The zero-order valence-electron chi connectivity index (χ0n) is 18.2. The van der Waals surface area contributed by atoms with E-state index in [9.17, 15) is 0 Å². The Morgan fingerprint density at radius 1 is 0.848 bits per heavy atom. The first-order valence-corrected chi connectivity index (χ1v) is 10.3. The highest BCUT2D eigenvalue weighted by atomic mass is 16.5. The van der Waals surface area contributed by atoms with Crippen molar-refractivity contribution in [3.05, 3.63) is 78.8 Å². The molecule has 0 amide bonds. The normalized spacial score (nSPS) is 11.0. The number of nitrogens with two attached hydrogens (primary N) is 2. The Morgan fingerprint density at radius 2 is 1.55 bits per heavy atom. The topological polar surface area (TPSA) is 114 Å². The summed E-state index contributed by atoms with van der Waals surface area (Å²) >= 11 is 0. The van der Waals surface area contributed by atoms with Crippen LogP contribution in [0.3, 0.4) is 0 Å². The van der Waals surface area contributed by atoms with Crippen LogP contribution in [0.5, 0.6) is 17.5 Å². The van der Waals surface area contributed by atoms with Gasteiger partial charge < -0.3 is 20.9 Å². The molecule has 0 unspecified atom stereocenters. The van der Waals surface area contributed by atoms with Crippen LogP contribution < -0.4 is 20.9 Å². The molecule has 164 valence electrons. The molecule has 0 aliphatic rings. The Balaban J connectivity index is 1.67. The third-order valence-electron chi connectivity index (χ3n) is 5.33. The van der Waals surface area contributed by atoms with Crippen LogP contribution in [0, 0.1) is 6.92 Å². The lowest BCUT2D eigenvalue weighted by Crippen LogP contribution is -2.00. The van der Waals surface area contributed by atoms with Crippen LogP contribution >= 0.6 is 0 Å². The summed E-state index contributed by atoms with van der Waals surface area (Å²) in [5.74, 6) is 2.12. The van der Waals surface area contributed by atoms with Gasteiger partial charge in [-0.25, -0.2) is 9.97 Å². The summed E-state index contributed by atoms with van der Waals surface area (Å²) in [6.07, 6.45) is 1.41. The van der Waals surface area contributed by atoms with Gasteiger partial charge in [-0.05, 0) is 48.4 Å². The number of hydrogen-bond acceptors (Lipinski definition) is 7. The molecule has 0 atom stereocenters. The van der Waals surface area contributed by atoms with E-state index in [2.05, 4.69) is 15.1 Å². The van der Waals surface area contributed by atoms with Crippen molar-refractivity contribution in [3.8, 4) is 39.8 Å². The SMILES string of the molecule is COc1c(-c2ccc(N)cc2)c(-c2ccc(Oc3cccc(C)n3)cc2)c2c(N)ncnn12. The number of fused-ring (bicyclic) bond motifs is 1. The number of aryl methyl sites for hydroxylation is 1. The van der Waals surface area contributed by atoms with E-state index in [0.29, 0.717) is 34.5 Å². The number of methoxy groups -OCH3 is 1. The number of aromatic nitrogens is 4. The smallest absolute Gasteiger partial charge is 0.223 e. The molecule has 2 aromatic carbocycles. The van der Waals surface area contributed by atoms with E-state index in [1.807, 2.05) is 73.7 Å². The third kappa shape index (κ3) is 3.67. The molecule has 0 bridgehead atoms. The van der Waals surface area contributed by atoms with Crippen LogP contribution in [0.4, 0.5) is 11.5 Å². The maximum absolute atomic E-state index is 6.30. The molecule has 8 nitrogen and oxygen atoms in total. The number of anilines is 2. The van der Waals surface area contributed by atoms with Gasteiger partial charge in [0, 0.05) is 23.0 Å². The summed E-state index contributed by atoms with van der Waals surface area (Å²) in [5, 5.41) is 4.39. The second-order valence-corrected chi connectivity index (χ2v) is 7.53. The van der Waals surface area contributed by atoms with Crippen molar-refractivity contribution >= 4 is 17.0 Å². The number of nitrogen functional groups attached to an aromatic ring is 2. The van der Waals surface area contributed by atoms with Crippen LogP contribution in [-0.2, 0) is 0 Å². The zero-order valence-corrected chi connectivity index (χ0v) is 18.2. The standard InChI is InChI=1S/C25H22N6O2/c1-15-4-3-5-20(30-15)33-19-12-8-16(9-13-19)21-22(17-6-10-18(26)11-7-17)25(32-2)31-23(21)24(27)28-14-29-31/h3-14H,26H2,1-2H3,(H2,27,28,29). The van der Waals surface area contributed by atoms with Gasteiger partial charge in [0.25, 0.3) is 0 Å². The van der Waals surface area contributed by atoms with Crippen molar-refractivity contribution in [2.45, 2.75) is 6.92 Å². The van der Waals surface area contributed by atoms with E-state index in [1.54, 1.807) is 11.6 Å². The maximum Gasteiger partial charge on any atom is 0.223 e. The van der Waals surface area contributed by atoms with Crippen molar-refractivity contribution < 1.29 is 9.47 Å². The molecule has 3 aromatic heterocycles. The fourth-order valence-corrected chi connectivity index (χ4v) is 3.86. The maximum atomic E-state index is 6.30. The first kappa shape index (κ1) is 20.3. The molecule has 33 heavy (non-hydrogen) atoms. The average Bonchev–Trinajstić information content (AvgIpc) is 3.16. The highest BCUT2D eigenvalue weighted by Gasteiger charge is 2.25. The van der Waals surface area contributed by atoms with Gasteiger partial charge >= 0.3 is 0 Å². The fourth-order valence-electron chi connectivity index (χ4n) is 3.86. The van der Waals surface area contributed by atoms with Gasteiger partial charge in [-0.3, -0.25) is 0 Å². The molecule has 0 fully saturated rings. The highest BCUT2D eigenvalue weighted by molar-refractivity contribution is 6.01. The monoisotopic (exact) mass is 438 g/mol. The zero-order chi connectivity index (χ0) is 22.9. The van der Waals surface area contributed by atoms with Gasteiger partial charge in [0.1, 0.15) is 17.6 Å². The molecule has 3 heterocycles. The van der Waals surface area contributed by atoms with Crippen LogP contribution in [-0.4, -0.2) is 26.7 Å². The molecule has 0 radical (unpaired) electrons. The van der Waals surface area contributed by atoms with E-state index in [1.165, 1.54) is 6.33 Å². The van der Waals surface area contributed by atoms with Gasteiger partial charge in [-0.1, -0.05) is 30.3 Å². The minimum Gasteiger partial charge on any atom is -0.480 e. The molecule has 0 saturated heterocycles. The van der Waals surface area contributed by atoms with Crippen molar-refractivity contribution in [1.82, 2.24) is 19.6 Å². The fraction of sp³-hybridized carbons (Fsp3) is 0.0800. The summed E-state index contributed by atoms with van der Waals surface area (Å²) in [6.45, 7) is 1.92. The Morgan fingerprint density at radius 3 is 2.24 bits per heavy atom. The number of benzene rings is 2. The summed E-state index contributed by atoms with van der Waals surface area (Å²) < 4.78 is 13.3. The van der Waals surface area contributed by atoms with Crippen LogP contribution in [0.1, 0.15) is 5.69 Å². The van der Waals surface area contributed by atoms with Crippen molar-refractivity contribution in [3.63, 3.8) is 0 Å². The molecule has 0 aliphatic carbocycles. The predicted octanol–water partition coefficient (Wildman–Crippen LogP) is 4.73. The number of rotatable bonds is 5. The van der Waals surface area contributed by atoms with Gasteiger partial charge in [-0.15, -0.1) is 0 Å². The van der Waals surface area contributed by atoms with Gasteiger partial charge in [0.15, 0.2) is 5.82 Å². The summed E-state index contributed by atoms with van der Waals surface area (Å²) in [4.78, 5) is 8.60. The third-order valence-corrected chi connectivity index (χ3v) is 5.33. The van der Waals surface area contributed by atoms with Crippen molar-refractivity contribution in [1.29, 1.82) is 0 Å². The minimum absolute atomic E-state index is 0.351. The van der Waals surface area contributed by atoms with Gasteiger partial charge in [0.2, 0.25) is 11.8 Å². The number of pyridine rings is 1. The molecule has 5 aromatic rings. The lowest BCUT2D eigenvalue weighted by atomic mass is 9.97. The molecular weight excluding hydrogens is 416 g/mol. The van der Waals surface area contributed by atoms with Gasteiger partial charge in [-0.2, -0.15) is 9.61 Å². The summed E-state index contributed by atoms with van der Waals surface area (Å²) in [7, 11) is 1.61. The Bertz CT molecular complexity index is 1440. The molecule has 8 heteroatoms. The molecule has 5 rings (SSSR count). The molecule has 0 aliphatic heterocycles. The van der Waals surface area contributed by atoms with Crippen molar-refractivity contribution in [2.24, 2.45) is 0 Å².